The molecule has 32 heavy (non-hydrogen) atoms. The first kappa shape index (κ1) is 20.8. The number of nitrogens with zero attached hydrogens (tertiary/aromatic N) is 3. The van der Waals surface area contributed by atoms with E-state index in [-0.39, 0.29) is 0 Å². The Morgan fingerprint density at radius 2 is 2.03 bits per heavy atom. The fourth-order valence-electron chi connectivity index (χ4n) is 4.56. The number of thiophene rings is 1. The largest absolute Gasteiger partial charge is 0.398 e. The summed E-state index contributed by atoms with van der Waals surface area (Å²) < 4.78 is 5.03. The smallest absolute Gasteiger partial charge is 0.209 e. The molecule has 1 aliphatic carbocycles. The van der Waals surface area contributed by atoms with E-state index in [4.69, 9.17) is 15.9 Å². The maximum absolute atomic E-state index is 10.1. The van der Waals surface area contributed by atoms with Crippen LogP contribution >= 0.6 is 11.3 Å². The third-order valence-electron chi connectivity index (χ3n) is 6.30. The second-order valence-electron chi connectivity index (χ2n) is 8.73. The minimum atomic E-state index is 0.390. The number of carbonyl (C=O) groups is 1. The Morgan fingerprint density at radius 3 is 2.75 bits per heavy atom. The van der Waals surface area contributed by atoms with E-state index in [0.717, 1.165) is 67.3 Å². The average Bonchev–Trinajstić information content (AvgIpc) is 3.13. The molecule has 2 fully saturated rings. The van der Waals surface area contributed by atoms with Crippen LogP contribution in [-0.2, 0) is 22.4 Å². The van der Waals surface area contributed by atoms with Gasteiger partial charge in [0.25, 0.3) is 0 Å². The van der Waals surface area contributed by atoms with Crippen molar-refractivity contribution >= 4 is 51.4 Å². The monoisotopic (exact) mass is 450 g/mol. The van der Waals surface area contributed by atoms with Gasteiger partial charge in [0.2, 0.25) is 6.41 Å². The summed E-state index contributed by atoms with van der Waals surface area (Å²) in [6.07, 6.45) is 8.53. The number of nitrogens with two attached hydrogens (primary N) is 1. The fraction of sp³-hybridized carbons (Fsp3) is 0.391. The molecule has 2 saturated heterocycles. The van der Waals surface area contributed by atoms with Gasteiger partial charge >= 0.3 is 0 Å². The van der Waals surface area contributed by atoms with Crippen LogP contribution < -0.4 is 11.1 Å². The number of amides is 1. The van der Waals surface area contributed by atoms with E-state index in [0.29, 0.717) is 16.7 Å². The molecule has 0 bridgehead atoms. The number of aryl methyl sites for hydroxylation is 2. The first-order valence-corrected chi connectivity index (χ1v) is 11.6. The van der Waals surface area contributed by atoms with Crippen LogP contribution in [0.1, 0.15) is 28.8 Å². The fourth-order valence-corrected chi connectivity index (χ4v) is 5.79. The summed E-state index contributed by atoms with van der Waals surface area (Å²) in [4.78, 5) is 23.3. The first-order valence-electron chi connectivity index (χ1n) is 10.8. The molecular formula is C23H26N6O2S. The molecule has 4 heterocycles. The Hall–Kier alpha value is -3.04. The van der Waals surface area contributed by atoms with E-state index in [1.54, 1.807) is 22.6 Å². The highest BCUT2D eigenvalue weighted by molar-refractivity contribution is 7.19. The van der Waals surface area contributed by atoms with Crippen LogP contribution in [0.4, 0.5) is 17.2 Å². The molecule has 2 aromatic heterocycles. The summed E-state index contributed by atoms with van der Waals surface area (Å²) in [5.41, 5.74) is 9.84. The van der Waals surface area contributed by atoms with Crippen molar-refractivity contribution in [3.8, 4) is 0 Å². The van der Waals surface area contributed by atoms with Crippen molar-refractivity contribution in [3.05, 3.63) is 40.5 Å². The SMILES string of the molecule is N=Cc1cc(Nc2ncnc3sc4c(c23)CCCC4)ccc1N.O=CN1CC2(COC2)C1. The van der Waals surface area contributed by atoms with Gasteiger partial charge in [-0.2, -0.15) is 0 Å². The van der Waals surface area contributed by atoms with Gasteiger partial charge in [0.15, 0.2) is 0 Å². The second-order valence-corrected chi connectivity index (χ2v) is 9.81. The van der Waals surface area contributed by atoms with E-state index in [1.165, 1.54) is 29.5 Å². The molecule has 0 unspecified atom stereocenters. The van der Waals surface area contributed by atoms with Crippen LogP contribution in [0.3, 0.4) is 0 Å². The van der Waals surface area contributed by atoms with E-state index >= 15 is 0 Å². The van der Waals surface area contributed by atoms with Gasteiger partial charge in [-0.3, -0.25) is 4.79 Å². The Bertz CT molecular complexity index is 1160. The molecule has 8 nitrogen and oxygen atoms in total. The number of hydrogen-bond donors (Lipinski definition) is 3. The van der Waals surface area contributed by atoms with Crippen molar-refractivity contribution in [1.29, 1.82) is 5.41 Å². The minimum Gasteiger partial charge on any atom is -0.398 e. The average molecular weight is 451 g/mol. The highest BCUT2D eigenvalue weighted by Crippen LogP contribution is 2.39. The van der Waals surface area contributed by atoms with Crippen molar-refractivity contribution in [2.45, 2.75) is 25.7 Å². The molecule has 166 valence electrons. The number of hydrogen-bond acceptors (Lipinski definition) is 8. The van der Waals surface area contributed by atoms with Crippen molar-refractivity contribution < 1.29 is 9.53 Å². The number of likely N-dealkylation sites (tertiary alicyclic amines) is 1. The van der Waals surface area contributed by atoms with Gasteiger partial charge in [-0.1, -0.05) is 0 Å². The predicted octanol–water partition coefficient (Wildman–Crippen LogP) is 3.37. The lowest BCUT2D eigenvalue weighted by atomic mass is 9.78. The van der Waals surface area contributed by atoms with E-state index in [9.17, 15) is 4.79 Å². The maximum atomic E-state index is 10.1. The van der Waals surface area contributed by atoms with Crippen LogP contribution in [0.2, 0.25) is 0 Å². The van der Waals surface area contributed by atoms with E-state index < -0.39 is 0 Å². The minimum absolute atomic E-state index is 0.390. The molecule has 1 aromatic carbocycles. The molecule has 2 aliphatic heterocycles. The van der Waals surface area contributed by atoms with E-state index in [2.05, 4.69) is 15.3 Å². The number of rotatable bonds is 4. The molecule has 3 aliphatic rings. The third kappa shape index (κ3) is 3.82. The number of aromatic nitrogens is 2. The summed E-state index contributed by atoms with van der Waals surface area (Å²) in [5, 5.41) is 12.0. The highest BCUT2D eigenvalue weighted by Gasteiger charge is 2.48. The van der Waals surface area contributed by atoms with E-state index in [1.807, 2.05) is 18.2 Å². The molecule has 0 atom stereocenters. The van der Waals surface area contributed by atoms with Crippen molar-refractivity contribution in [2.75, 3.05) is 37.4 Å². The molecule has 4 N–H and O–H groups in total. The van der Waals surface area contributed by atoms with Crippen molar-refractivity contribution in [2.24, 2.45) is 5.41 Å². The zero-order valence-corrected chi connectivity index (χ0v) is 18.6. The van der Waals surface area contributed by atoms with Crippen LogP contribution in [0.15, 0.2) is 24.5 Å². The van der Waals surface area contributed by atoms with Gasteiger partial charge in [0.05, 0.1) is 24.0 Å². The molecule has 6 rings (SSSR count). The van der Waals surface area contributed by atoms with Crippen LogP contribution in [0.25, 0.3) is 10.2 Å². The molecule has 0 radical (unpaired) electrons. The molecule has 3 aromatic rings. The number of nitrogens with one attached hydrogen (secondary N) is 2. The summed E-state index contributed by atoms with van der Waals surface area (Å²) in [6, 6.07) is 5.59. The number of fused-ring (bicyclic) bond motifs is 3. The number of benzene rings is 1. The lowest BCUT2D eigenvalue weighted by Crippen LogP contribution is -2.65. The number of ether oxygens (including phenoxy) is 1. The van der Waals surface area contributed by atoms with Crippen LogP contribution in [-0.4, -0.2) is 53.8 Å². The topological polar surface area (TPSA) is 117 Å². The van der Waals surface area contributed by atoms with Gasteiger partial charge in [0, 0.05) is 41.1 Å². The zero-order valence-electron chi connectivity index (χ0n) is 17.8. The summed E-state index contributed by atoms with van der Waals surface area (Å²) in [6.45, 7) is 3.54. The standard InChI is InChI=1S/C17H17N5S.C6H9NO2/c18-8-10-7-11(5-6-13(10)19)22-16-15-12-3-1-2-4-14(12)23-17(15)21-9-20-16;8-5-7-1-6(2-7)3-9-4-6/h5-9,18H,1-4,19H2,(H,20,21,22);5H,1-4H2. The third-order valence-corrected chi connectivity index (χ3v) is 7.50. The molecular weight excluding hydrogens is 424 g/mol. The Labute approximate surface area is 190 Å². The zero-order chi connectivity index (χ0) is 22.1. The predicted molar refractivity (Wildman–Crippen MR) is 127 cm³/mol. The Morgan fingerprint density at radius 1 is 1.22 bits per heavy atom. The van der Waals surface area contributed by atoms with Crippen molar-refractivity contribution in [1.82, 2.24) is 14.9 Å². The van der Waals surface area contributed by atoms with Gasteiger partial charge in [0.1, 0.15) is 17.0 Å². The normalized spacial score (nSPS) is 18.1. The quantitative estimate of drug-likeness (QED) is 0.319. The lowest BCUT2D eigenvalue weighted by Gasteiger charge is -2.53. The lowest BCUT2D eigenvalue weighted by molar-refractivity contribution is -0.188. The Kier molecular flexibility index (Phi) is 5.52. The summed E-state index contributed by atoms with van der Waals surface area (Å²) in [5.74, 6) is 0.843. The summed E-state index contributed by atoms with van der Waals surface area (Å²) >= 11 is 1.79. The first-order chi connectivity index (χ1) is 15.6. The van der Waals surface area contributed by atoms with Gasteiger partial charge in [-0.15, -0.1) is 11.3 Å². The number of nitrogen functional groups attached to an aromatic ring is 1. The van der Waals surface area contributed by atoms with Crippen LogP contribution in [0.5, 0.6) is 0 Å². The van der Waals surface area contributed by atoms with Gasteiger partial charge < -0.3 is 26.1 Å². The maximum Gasteiger partial charge on any atom is 0.209 e. The van der Waals surface area contributed by atoms with Crippen LogP contribution in [0, 0.1) is 10.8 Å². The second kappa shape index (κ2) is 8.48. The number of carbonyl (C=O) groups excluding carboxylic acids is 1. The molecule has 1 spiro atoms. The molecule has 1 amide bonds. The van der Waals surface area contributed by atoms with Gasteiger partial charge in [-0.05, 0) is 49.4 Å². The number of anilines is 3. The highest BCUT2D eigenvalue weighted by atomic mass is 32.1. The Balaban J connectivity index is 0.000000199. The van der Waals surface area contributed by atoms with Gasteiger partial charge in [-0.25, -0.2) is 9.97 Å². The molecule has 0 saturated carbocycles. The summed E-state index contributed by atoms with van der Waals surface area (Å²) in [7, 11) is 0. The van der Waals surface area contributed by atoms with Crippen molar-refractivity contribution in [3.63, 3.8) is 0 Å². The molecule has 9 heteroatoms.